The van der Waals surface area contributed by atoms with Gasteiger partial charge in [-0.25, -0.2) is 14.8 Å². The van der Waals surface area contributed by atoms with Crippen LogP contribution in [0.15, 0.2) is 16.2 Å². The number of rotatable bonds is 4. The number of nitrogens with one attached hydrogen (secondary N) is 1. The van der Waals surface area contributed by atoms with Gasteiger partial charge in [0.1, 0.15) is 22.5 Å². The predicted molar refractivity (Wildman–Crippen MR) is 75.4 cm³/mol. The summed E-state index contributed by atoms with van der Waals surface area (Å²) in [6.45, 7) is 3.68. The molecule has 21 heavy (non-hydrogen) atoms. The number of carbonyl (C=O) groups is 1. The van der Waals surface area contributed by atoms with Gasteiger partial charge in [0.2, 0.25) is 0 Å². The van der Waals surface area contributed by atoms with Crippen molar-refractivity contribution >= 4 is 34.2 Å². The third-order valence-electron chi connectivity index (χ3n) is 2.91. The molecule has 3 heterocycles. The van der Waals surface area contributed by atoms with Crippen molar-refractivity contribution in [3.63, 3.8) is 0 Å². The summed E-state index contributed by atoms with van der Waals surface area (Å²) in [4.78, 5) is 23.1. The average Bonchev–Trinajstić information content (AvgIpc) is 3.07. The van der Waals surface area contributed by atoms with Crippen molar-refractivity contribution in [3.8, 4) is 0 Å². The maximum absolute atomic E-state index is 10.9. The molecule has 9 heteroatoms. The van der Waals surface area contributed by atoms with Gasteiger partial charge >= 0.3 is 5.97 Å². The number of nitrogens with zero attached hydrogens (tertiary/aromatic N) is 4. The Kier molecular flexibility index (Phi) is 3.26. The van der Waals surface area contributed by atoms with Gasteiger partial charge < -0.3 is 14.9 Å². The first kappa shape index (κ1) is 13.4. The second-order valence-electron chi connectivity index (χ2n) is 4.41. The molecule has 108 valence electrons. The van der Waals surface area contributed by atoms with Crippen LogP contribution in [-0.4, -0.2) is 31.2 Å². The van der Waals surface area contributed by atoms with Gasteiger partial charge in [-0.3, -0.25) is 0 Å². The van der Waals surface area contributed by atoms with Gasteiger partial charge in [-0.05, 0) is 13.8 Å². The highest BCUT2D eigenvalue weighted by atomic mass is 32.1. The minimum atomic E-state index is -1.04. The highest BCUT2D eigenvalue weighted by molar-refractivity contribution is 7.09. The molecule has 2 N–H and O–H groups in total. The van der Waals surface area contributed by atoms with E-state index in [4.69, 9.17) is 9.63 Å². The van der Waals surface area contributed by atoms with E-state index in [1.165, 1.54) is 23.0 Å². The van der Waals surface area contributed by atoms with Crippen LogP contribution in [0.5, 0.6) is 0 Å². The molecule has 3 aromatic heterocycles. The van der Waals surface area contributed by atoms with Gasteiger partial charge in [-0.2, -0.15) is 4.98 Å². The lowest BCUT2D eigenvalue weighted by molar-refractivity contribution is 0.0691. The lowest BCUT2D eigenvalue weighted by atomic mass is 10.2. The van der Waals surface area contributed by atoms with Gasteiger partial charge in [-0.1, -0.05) is 5.16 Å². The monoisotopic (exact) mass is 305 g/mol. The fourth-order valence-corrected chi connectivity index (χ4v) is 2.68. The molecule has 0 aromatic carbocycles. The predicted octanol–water partition coefficient (Wildman–Crippen LogP) is 2.25. The molecule has 0 aliphatic rings. The molecule has 0 saturated carbocycles. The van der Waals surface area contributed by atoms with Gasteiger partial charge in [0, 0.05) is 5.38 Å². The Balaban J connectivity index is 1.90. The Morgan fingerprint density at radius 3 is 3.00 bits per heavy atom. The molecule has 0 aliphatic heterocycles. The van der Waals surface area contributed by atoms with Gasteiger partial charge in [0.15, 0.2) is 5.69 Å². The smallest absolute Gasteiger partial charge is 0.355 e. The number of aryl methyl sites for hydroxylation is 1. The molecule has 0 bridgehead atoms. The number of fused-ring (bicyclic) bond motifs is 1. The number of carboxylic acids is 1. The number of aromatic nitrogens is 4. The molecule has 1 atom stereocenters. The Labute approximate surface area is 122 Å². The Bertz CT molecular complexity index is 812. The van der Waals surface area contributed by atoms with Crippen molar-refractivity contribution in [1.82, 2.24) is 20.1 Å². The Hall–Kier alpha value is -2.55. The number of aromatic carboxylic acids is 1. The molecule has 0 radical (unpaired) electrons. The highest BCUT2D eigenvalue weighted by Crippen LogP contribution is 2.27. The summed E-state index contributed by atoms with van der Waals surface area (Å²) in [7, 11) is 0. The van der Waals surface area contributed by atoms with E-state index >= 15 is 0 Å². The summed E-state index contributed by atoms with van der Waals surface area (Å²) >= 11 is 1.28. The van der Waals surface area contributed by atoms with Crippen LogP contribution < -0.4 is 5.32 Å². The largest absolute Gasteiger partial charge is 0.476 e. The van der Waals surface area contributed by atoms with E-state index in [-0.39, 0.29) is 11.7 Å². The normalized spacial score (nSPS) is 12.5. The molecule has 0 fully saturated rings. The van der Waals surface area contributed by atoms with Crippen LogP contribution in [0.4, 0.5) is 5.82 Å². The molecule has 0 spiro atoms. The fraction of sp³-hybridized carbons (Fsp3) is 0.250. The highest BCUT2D eigenvalue weighted by Gasteiger charge is 2.17. The standard InChI is InChI=1S/C12H11N5O3S/c1-5-8-9(13-4-14-10(8)20-17-5)15-6(2)11-16-7(3-21-11)12(18)19/h3-4,6H,1-2H3,(H,18,19)(H,13,14,15). The second-order valence-corrected chi connectivity index (χ2v) is 5.30. The number of hydrogen-bond donors (Lipinski definition) is 2. The third-order valence-corrected chi connectivity index (χ3v) is 3.94. The molecule has 0 amide bonds. The first-order valence-electron chi connectivity index (χ1n) is 6.08. The van der Waals surface area contributed by atoms with Crippen molar-refractivity contribution in [3.05, 3.63) is 28.1 Å². The molecule has 8 nitrogen and oxygen atoms in total. The zero-order chi connectivity index (χ0) is 15.0. The zero-order valence-electron chi connectivity index (χ0n) is 11.2. The molecule has 0 aliphatic carbocycles. The van der Waals surface area contributed by atoms with Crippen molar-refractivity contribution < 1.29 is 14.4 Å². The van der Waals surface area contributed by atoms with Crippen LogP contribution >= 0.6 is 11.3 Å². The Morgan fingerprint density at radius 1 is 1.48 bits per heavy atom. The van der Waals surface area contributed by atoms with Crippen LogP contribution in [0.25, 0.3) is 11.1 Å². The van der Waals surface area contributed by atoms with E-state index in [0.717, 1.165) is 0 Å². The molecule has 3 rings (SSSR count). The first-order chi connectivity index (χ1) is 10.1. The summed E-state index contributed by atoms with van der Waals surface area (Å²) < 4.78 is 5.08. The Morgan fingerprint density at radius 2 is 2.29 bits per heavy atom. The summed E-state index contributed by atoms with van der Waals surface area (Å²) in [5, 5.41) is 18.8. The number of carboxylic acid groups (broad SMARTS) is 1. The quantitative estimate of drug-likeness (QED) is 0.754. The maximum atomic E-state index is 10.9. The molecular weight excluding hydrogens is 294 g/mol. The van der Waals surface area contributed by atoms with Crippen LogP contribution in [0.1, 0.15) is 34.2 Å². The van der Waals surface area contributed by atoms with Gasteiger partial charge in [0.05, 0.1) is 11.7 Å². The van der Waals surface area contributed by atoms with Crippen LogP contribution in [0.2, 0.25) is 0 Å². The number of thiazole rings is 1. The fourth-order valence-electron chi connectivity index (χ4n) is 1.88. The van der Waals surface area contributed by atoms with Gasteiger partial charge in [-0.15, -0.1) is 11.3 Å². The van der Waals surface area contributed by atoms with E-state index in [9.17, 15) is 4.79 Å². The van der Waals surface area contributed by atoms with E-state index in [1.54, 1.807) is 6.92 Å². The van der Waals surface area contributed by atoms with Crippen molar-refractivity contribution in [2.24, 2.45) is 0 Å². The minimum Gasteiger partial charge on any atom is -0.476 e. The van der Waals surface area contributed by atoms with Crippen molar-refractivity contribution in [2.75, 3.05) is 5.32 Å². The number of hydrogen-bond acceptors (Lipinski definition) is 8. The third kappa shape index (κ3) is 2.42. The maximum Gasteiger partial charge on any atom is 0.355 e. The molecule has 1 unspecified atom stereocenters. The first-order valence-corrected chi connectivity index (χ1v) is 6.96. The number of anilines is 1. The lowest BCUT2D eigenvalue weighted by Crippen LogP contribution is -2.09. The van der Waals surface area contributed by atoms with Crippen LogP contribution in [-0.2, 0) is 0 Å². The molecule has 3 aromatic rings. The van der Waals surface area contributed by atoms with E-state index in [1.807, 2.05) is 6.92 Å². The topological polar surface area (TPSA) is 114 Å². The zero-order valence-corrected chi connectivity index (χ0v) is 12.0. The van der Waals surface area contributed by atoms with Crippen LogP contribution in [0.3, 0.4) is 0 Å². The van der Waals surface area contributed by atoms with E-state index < -0.39 is 5.97 Å². The average molecular weight is 305 g/mol. The van der Waals surface area contributed by atoms with Crippen molar-refractivity contribution in [1.29, 1.82) is 0 Å². The van der Waals surface area contributed by atoms with Gasteiger partial charge in [0.25, 0.3) is 5.71 Å². The summed E-state index contributed by atoms with van der Waals surface area (Å²) in [6.07, 6.45) is 1.38. The lowest BCUT2D eigenvalue weighted by Gasteiger charge is -2.11. The SMILES string of the molecule is Cc1noc2ncnc(NC(C)c3nc(C(=O)O)cs3)c12. The summed E-state index contributed by atoms with van der Waals surface area (Å²) in [5.74, 6) is -0.456. The second kappa shape index (κ2) is 5.09. The van der Waals surface area contributed by atoms with Crippen LogP contribution in [0, 0.1) is 6.92 Å². The summed E-state index contributed by atoms with van der Waals surface area (Å²) in [5.41, 5.74) is 1.13. The summed E-state index contributed by atoms with van der Waals surface area (Å²) in [6, 6.07) is -0.199. The minimum absolute atomic E-state index is 0.0395. The van der Waals surface area contributed by atoms with E-state index in [0.29, 0.717) is 27.6 Å². The van der Waals surface area contributed by atoms with Crippen molar-refractivity contribution in [2.45, 2.75) is 19.9 Å². The van der Waals surface area contributed by atoms with E-state index in [2.05, 4.69) is 25.4 Å². The molecule has 0 saturated heterocycles. The molecular formula is C12H11N5O3S.